The third kappa shape index (κ3) is 8.14. The third-order valence-corrected chi connectivity index (χ3v) is 7.34. The molecule has 1 aliphatic heterocycles. The zero-order chi connectivity index (χ0) is 22.7. The van der Waals surface area contributed by atoms with Crippen LogP contribution in [0.5, 0.6) is 5.75 Å². The van der Waals surface area contributed by atoms with Gasteiger partial charge in [-0.2, -0.15) is 0 Å². The Morgan fingerprint density at radius 1 is 1.06 bits per heavy atom. The molecule has 1 saturated heterocycles. The molecular formula is C22H35N3O5S. The van der Waals surface area contributed by atoms with Gasteiger partial charge >= 0.3 is 0 Å². The molecule has 2 amide bonds. The molecule has 2 N–H and O–H groups in total. The van der Waals surface area contributed by atoms with Crippen molar-refractivity contribution in [2.45, 2.75) is 58.8 Å². The first kappa shape index (κ1) is 25.1. The molecule has 1 aromatic rings. The van der Waals surface area contributed by atoms with Crippen molar-refractivity contribution in [1.29, 1.82) is 0 Å². The summed E-state index contributed by atoms with van der Waals surface area (Å²) < 4.78 is 31.6. The molecule has 8 nitrogen and oxygen atoms in total. The van der Waals surface area contributed by atoms with Gasteiger partial charge in [-0.1, -0.05) is 33.1 Å². The molecule has 174 valence electrons. The first-order chi connectivity index (χ1) is 14.9. The number of benzene rings is 1. The molecule has 0 bridgehead atoms. The zero-order valence-electron chi connectivity index (χ0n) is 18.6. The molecule has 1 fully saturated rings. The van der Waals surface area contributed by atoms with Gasteiger partial charge in [0, 0.05) is 18.7 Å². The van der Waals surface area contributed by atoms with Crippen LogP contribution in [0.3, 0.4) is 0 Å². The van der Waals surface area contributed by atoms with Crippen LogP contribution < -0.4 is 15.6 Å². The van der Waals surface area contributed by atoms with E-state index >= 15 is 0 Å². The van der Waals surface area contributed by atoms with Crippen LogP contribution in [-0.4, -0.2) is 50.0 Å². The first-order valence-electron chi connectivity index (χ1n) is 11.2. The highest BCUT2D eigenvalue weighted by Gasteiger charge is 2.32. The van der Waals surface area contributed by atoms with E-state index in [0.29, 0.717) is 43.7 Å². The fourth-order valence-corrected chi connectivity index (χ4v) is 5.10. The first-order valence-corrected chi connectivity index (χ1v) is 12.8. The number of carbonyl (C=O) groups is 2. The SMILES string of the molecule is CCCCCCOc1ccc(C(=O)NNC(=O)C2CCCN(S(=O)(=O)CCC)C2)cc1. The molecule has 0 aromatic heterocycles. The molecule has 1 aromatic carbocycles. The minimum absolute atomic E-state index is 0.0799. The number of amides is 2. The molecular weight excluding hydrogens is 418 g/mol. The normalized spacial score (nSPS) is 17.2. The Morgan fingerprint density at radius 2 is 1.81 bits per heavy atom. The maximum absolute atomic E-state index is 12.4. The largest absolute Gasteiger partial charge is 0.494 e. The second kappa shape index (κ2) is 12.7. The molecule has 0 saturated carbocycles. The smallest absolute Gasteiger partial charge is 0.269 e. The van der Waals surface area contributed by atoms with E-state index in [1.165, 1.54) is 17.1 Å². The predicted octanol–water partition coefficient (Wildman–Crippen LogP) is 2.86. The number of rotatable bonds is 11. The predicted molar refractivity (Wildman–Crippen MR) is 120 cm³/mol. The van der Waals surface area contributed by atoms with Crippen molar-refractivity contribution in [2.24, 2.45) is 5.92 Å². The van der Waals surface area contributed by atoms with Crippen molar-refractivity contribution in [3.63, 3.8) is 0 Å². The number of ether oxygens (including phenoxy) is 1. The van der Waals surface area contributed by atoms with Gasteiger partial charge in [-0.05, 0) is 49.9 Å². The number of hydrogen-bond donors (Lipinski definition) is 2. The van der Waals surface area contributed by atoms with Crippen LogP contribution in [0.25, 0.3) is 0 Å². The summed E-state index contributed by atoms with van der Waals surface area (Å²) in [5, 5.41) is 0. The molecule has 31 heavy (non-hydrogen) atoms. The molecule has 1 aliphatic rings. The number of sulfonamides is 1. The van der Waals surface area contributed by atoms with Crippen LogP contribution in [0, 0.1) is 5.92 Å². The number of unbranched alkanes of at least 4 members (excludes halogenated alkanes) is 3. The van der Waals surface area contributed by atoms with Crippen LogP contribution in [0.4, 0.5) is 0 Å². The molecule has 0 radical (unpaired) electrons. The van der Waals surface area contributed by atoms with E-state index in [1.807, 2.05) is 6.92 Å². The molecule has 1 heterocycles. The van der Waals surface area contributed by atoms with Gasteiger partial charge in [0.25, 0.3) is 5.91 Å². The fourth-order valence-electron chi connectivity index (χ4n) is 3.51. The number of carbonyl (C=O) groups excluding carboxylic acids is 2. The summed E-state index contributed by atoms with van der Waals surface area (Å²) in [5.41, 5.74) is 5.24. The van der Waals surface area contributed by atoms with Crippen molar-refractivity contribution in [2.75, 3.05) is 25.4 Å². The summed E-state index contributed by atoms with van der Waals surface area (Å²) >= 11 is 0. The lowest BCUT2D eigenvalue weighted by molar-refractivity contribution is -0.126. The number of hydrazine groups is 1. The second-order valence-corrected chi connectivity index (χ2v) is 9.98. The van der Waals surface area contributed by atoms with Gasteiger partial charge in [-0.25, -0.2) is 12.7 Å². The maximum atomic E-state index is 12.4. The highest BCUT2D eigenvalue weighted by atomic mass is 32.2. The summed E-state index contributed by atoms with van der Waals surface area (Å²) in [5.74, 6) is -0.515. The Kier molecular flexibility index (Phi) is 10.3. The third-order valence-electron chi connectivity index (χ3n) is 5.29. The molecule has 9 heteroatoms. The van der Waals surface area contributed by atoms with Crippen LogP contribution in [0.15, 0.2) is 24.3 Å². The van der Waals surface area contributed by atoms with Crippen LogP contribution in [-0.2, 0) is 14.8 Å². The Labute approximate surface area is 185 Å². The molecule has 0 aliphatic carbocycles. The molecule has 1 unspecified atom stereocenters. The van der Waals surface area contributed by atoms with Crippen molar-refractivity contribution in [3.05, 3.63) is 29.8 Å². The van der Waals surface area contributed by atoms with Gasteiger partial charge in [-0.15, -0.1) is 0 Å². The van der Waals surface area contributed by atoms with Crippen molar-refractivity contribution in [3.8, 4) is 5.75 Å². The molecule has 1 atom stereocenters. The lowest BCUT2D eigenvalue weighted by atomic mass is 9.99. The van der Waals surface area contributed by atoms with Crippen molar-refractivity contribution < 1.29 is 22.7 Å². The van der Waals surface area contributed by atoms with E-state index in [0.717, 1.165) is 12.8 Å². The van der Waals surface area contributed by atoms with Gasteiger partial charge in [0.1, 0.15) is 5.75 Å². The number of nitrogens with one attached hydrogen (secondary N) is 2. The van der Waals surface area contributed by atoms with E-state index in [1.54, 1.807) is 24.3 Å². The van der Waals surface area contributed by atoms with E-state index in [9.17, 15) is 18.0 Å². The number of hydrogen-bond acceptors (Lipinski definition) is 5. The van der Waals surface area contributed by atoms with E-state index in [2.05, 4.69) is 17.8 Å². The number of nitrogens with zero attached hydrogens (tertiary/aromatic N) is 1. The highest BCUT2D eigenvalue weighted by molar-refractivity contribution is 7.89. The standard InChI is InChI=1S/C22H35N3O5S/c1-3-5-6-7-15-30-20-12-10-18(11-13-20)21(26)23-24-22(27)19-9-8-14-25(17-19)31(28,29)16-4-2/h10-13,19H,3-9,14-17H2,1-2H3,(H,23,26)(H,24,27). The van der Waals surface area contributed by atoms with Gasteiger partial charge in [0.15, 0.2) is 0 Å². The lowest BCUT2D eigenvalue weighted by Crippen LogP contribution is -2.50. The zero-order valence-corrected chi connectivity index (χ0v) is 19.4. The van der Waals surface area contributed by atoms with Gasteiger partial charge in [-0.3, -0.25) is 20.4 Å². The Bertz CT molecular complexity index is 811. The lowest BCUT2D eigenvalue weighted by Gasteiger charge is -2.31. The van der Waals surface area contributed by atoms with Crippen molar-refractivity contribution >= 4 is 21.8 Å². The van der Waals surface area contributed by atoms with E-state index in [-0.39, 0.29) is 18.2 Å². The summed E-state index contributed by atoms with van der Waals surface area (Å²) in [6.45, 7) is 5.20. The van der Waals surface area contributed by atoms with Crippen LogP contribution in [0.2, 0.25) is 0 Å². The van der Waals surface area contributed by atoms with E-state index < -0.39 is 21.8 Å². The summed E-state index contributed by atoms with van der Waals surface area (Å²) in [4.78, 5) is 24.8. The maximum Gasteiger partial charge on any atom is 0.269 e. The highest BCUT2D eigenvalue weighted by Crippen LogP contribution is 2.20. The summed E-state index contributed by atoms with van der Waals surface area (Å²) in [6, 6.07) is 6.74. The number of piperidine rings is 1. The van der Waals surface area contributed by atoms with Gasteiger partial charge in [0.2, 0.25) is 15.9 Å². The van der Waals surface area contributed by atoms with Gasteiger partial charge < -0.3 is 4.74 Å². The summed E-state index contributed by atoms with van der Waals surface area (Å²) in [6.07, 6.45) is 6.26. The summed E-state index contributed by atoms with van der Waals surface area (Å²) in [7, 11) is -3.34. The topological polar surface area (TPSA) is 105 Å². The van der Waals surface area contributed by atoms with Crippen LogP contribution >= 0.6 is 0 Å². The fraction of sp³-hybridized carbons (Fsp3) is 0.636. The molecule has 0 spiro atoms. The van der Waals surface area contributed by atoms with Crippen molar-refractivity contribution in [1.82, 2.24) is 15.2 Å². The van der Waals surface area contributed by atoms with E-state index in [4.69, 9.17) is 4.74 Å². The monoisotopic (exact) mass is 453 g/mol. The Hall–Kier alpha value is -2.13. The quantitative estimate of drug-likeness (QED) is 0.396. The minimum atomic E-state index is -3.34. The average Bonchev–Trinajstić information content (AvgIpc) is 2.77. The van der Waals surface area contributed by atoms with Gasteiger partial charge in [0.05, 0.1) is 18.3 Å². The second-order valence-electron chi connectivity index (χ2n) is 7.89. The minimum Gasteiger partial charge on any atom is -0.494 e. The average molecular weight is 454 g/mol. The van der Waals surface area contributed by atoms with Crippen LogP contribution in [0.1, 0.15) is 69.2 Å². The Morgan fingerprint density at radius 3 is 2.48 bits per heavy atom. The Balaban J connectivity index is 1.79. The molecule has 2 rings (SSSR count).